The molecule has 1 atom stereocenters. The number of amides is 1. The molecule has 0 aromatic heterocycles. The van der Waals surface area contributed by atoms with Crippen molar-refractivity contribution in [2.75, 3.05) is 13.2 Å². The molecule has 1 aliphatic rings. The Morgan fingerprint density at radius 3 is 2.60 bits per heavy atom. The lowest BCUT2D eigenvalue weighted by atomic mass is 9.64. The van der Waals surface area contributed by atoms with Crippen LogP contribution >= 0.6 is 0 Å². The van der Waals surface area contributed by atoms with Crippen LogP contribution in [0.15, 0.2) is 36.4 Å². The second kappa shape index (κ2) is 7.85. The summed E-state index contributed by atoms with van der Waals surface area (Å²) in [5, 5.41) is 12.2. The Morgan fingerprint density at radius 1 is 1.45 bits per heavy atom. The Labute approximate surface area is 121 Å². The van der Waals surface area contributed by atoms with Gasteiger partial charge < -0.3 is 10.4 Å². The van der Waals surface area contributed by atoms with Crippen LogP contribution in [0.3, 0.4) is 0 Å². The molecule has 0 fully saturated rings. The predicted octanol–water partition coefficient (Wildman–Crippen LogP) is 2.58. The predicted molar refractivity (Wildman–Crippen MR) is 82.7 cm³/mol. The van der Waals surface area contributed by atoms with Crippen LogP contribution in [0.2, 0.25) is 0 Å². The first-order valence-electron chi connectivity index (χ1n) is 7.14. The molecule has 0 spiro atoms. The largest absolute Gasteiger partial charge is 0.395 e. The van der Waals surface area contributed by atoms with E-state index >= 15 is 0 Å². The van der Waals surface area contributed by atoms with Gasteiger partial charge in [-0.3, -0.25) is 4.79 Å². The molecular weight excluding hydrogens is 250 g/mol. The van der Waals surface area contributed by atoms with E-state index in [0.717, 1.165) is 12.8 Å². The van der Waals surface area contributed by atoms with Gasteiger partial charge in [0.05, 0.1) is 6.61 Å². The van der Waals surface area contributed by atoms with Crippen LogP contribution in [-0.4, -0.2) is 24.2 Å². The maximum Gasteiger partial charge on any atom is 0.216 e. The van der Waals surface area contributed by atoms with Crippen molar-refractivity contribution in [2.24, 2.45) is 0 Å². The summed E-state index contributed by atoms with van der Waals surface area (Å²) in [6, 6.07) is 8.06. The fourth-order valence-electron chi connectivity index (χ4n) is 2.43. The van der Waals surface area contributed by atoms with Gasteiger partial charge in [0, 0.05) is 18.9 Å². The Bertz CT molecular complexity index is 468. The molecule has 1 amide bonds. The molecule has 2 N–H and O–H groups in total. The zero-order chi connectivity index (χ0) is 15.0. The monoisotopic (exact) mass is 275 g/mol. The van der Waals surface area contributed by atoms with Gasteiger partial charge in [-0.1, -0.05) is 43.3 Å². The smallest absolute Gasteiger partial charge is 0.216 e. The maximum atomic E-state index is 10.9. The normalized spacial score (nSPS) is 19.6. The lowest BCUT2D eigenvalue weighted by Crippen LogP contribution is -2.50. The van der Waals surface area contributed by atoms with Crippen molar-refractivity contribution in [1.29, 1.82) is 0 Å². The van der Waals surface area contributed by atoms with Crippen LogP contribution < -0.4 is 5.32 Å². The van der Waals surface area contributed by atoms with Gasteiger partial charge in [-0.05, 0) is 30.9 Å². The summed E-state index contributed by atoms with van der Waals surface area (Å²) in [5.41, 5.74) is 2.19. The summed E-state index contributed by atoms with van der Waals surface area (Å²) >= 11 is 0. The van der Waals surface area contributed by atoms with Gasteiger partial charge in [0.25, 0.3) is 0 Å². The number of aliphatic hydroxyl groups is 1. The number of hydrogen-bond donors (Lipinski definition) is 2. The lowest BCUT2D eigenvalue weighted by Gasteiger charge is -2.42. The summed E-state index contributed by atoms with van der Waals surface area (Å²) in [7, 11) is 0. The van der Waals surface area contributed by atoms with E-state index in [9.17, 15) is 9.90 Å². The molecular formula is C17H25NO2. The molecule has 0 saturated heterocycles. The molecule has 1 aromatic carbocycles. The van der Waals surface area contributed by atoms with Gasteiger partial charge in [0.2, 0.25) is 5.91 Å². The number of carbonyl (C=O) groups is 1. The Morgan fingerprint density at radius 2 is 2.15 bits per heavy atom. The molecule has 20 heavy (non-hydrogen) atoms. The number of hydrogen-bond acceptors (Lipinski definition) is 2. The molecule has 0 radical (unpaired) electrons. The minimum atomic E-state index is -0.248. The summed E-state index contributed by atoms with van der Waals surface area (Å²) in [5.74, 6) is -0.0489. The Hall–Kier alpha value is -1.61. The van der Waals surface area contributed by atoms with E-state index in [4.69, 9.17) is 0 Å². The third-order valence-corrected chi connectivity index (χ3v) is 3.57. The first kappa shape index (κ1) is 16.4. The van der Waals surface area contributed by atoms with Crippen molar-refractivity contribution in [2.45, 2.75) is 39.0 Å². The number of carbonyl (C=O) groups excluding carboxylic acids is 1. The second-order valence-electron chi connectivity index (χ2n) is 5.16. The molecule has 110 valence electrons. The molecule has 3 nitrogen and oxygen atoms in total. The van der Waals surface area contributed by atoms with Crippen molar-refractivity contribution in [3.63, 3.8) is 0 Å². The van der Waals surface area contributed by atoms with Crippen LogP contribution in [0.4, 0.5) is 0 Å². The molecule has 0 heterocycles. The zero-order valence-electron chi connectivity index (χ0n) is 12.6. The van der Waals surface area contributed by atoms with E-state index in [2.05, 4.69) is 30.5 Å². The quantitative estimate of drug-likeness (QED) is 0.830. The van der Waals surface area contributed by atoms with Crippen molar-refractivity contribution in [3.8, 4) is 0 Å². The summed E-state index contributed by atoms with van der Waals surface area (Å²) in [6.45, 7) is 6.26. The highest BCUT2D eigenvalue weighted by molar-refractivity contribution is 5.73. The molecule has 1 aromatic rings. The maximum absolute atomic E-state index is 10.9. The topological polar surface area (TPSA) is 49.3 Å². The number of aliphatic hydroxyl groups excluding tert-OH is 1. The fraction of sp³-hybridized carbons (Fsp3) is 0.471. The zero-order valence-corrected chi connectivity index (χ0v) is 12.6. The number of nitrogens with one attached hydrogen (secondary N) is 1. The van der Waals surface area contributed by atoms with E-state index in [1.807, 2.05) is 25.1 Å². The molecule has 0 bridgehead atoms. The fourth-order valence-corrected chi connectivity index (χ4v) is 2.43. The first-order valence-corrected chi connectivity index (χ1v) is 7.14. The highest BCUT2D eigenvalue weighted by Crippen LogP contribution is 2.40. The highest BCUT2D eigenvalue weighted by atomic mass is 16.3. The molecule has 0 saturated carbocycles. The van der Waals surface area contributed by atoms with Crippen molar-refractivity contribution < 1.29 is 9.90 Å². The Balaban J connectivity index is 0.000000347. The summed E-state index contributed by atoms with van der Waals surface area (Å²) in [4.78, 5) is 10.9. The first-order chi connectivity index (χ1) is 9.59. The van der Waals surface area contributed by atoms with Crippen molar-refractivity contribution >= 4 is 5.91 Å². The average Bonchev–Trinajstić information content (AvgIpc) is 2.42. The highest BCUT2D eigenvalue weighted by Gasteiger charge is 2.41. The number of benzene rings is 1. The molecule has 0 aliphatic heterocycles. The van der Waals surface area contributed by atoms with E-state index < -0.39 is 0 Å². The van der Waals surface area contributed by atoms with Crippen molar-refractivity contribution in [1.82, 2.24) is 5.32 Å². The number of fused-ring (bicyclic) bond motifs is 1. The van der Waals surface area contributed by atoms with Gasteiger partial charge in [0.15, 0.2) is 0 Å². The average molecular weight is 275 g/mol. The molecule has 1 aliphatic carbocycles. The summed E-state index contributed by atoms with van der Waals surface area (Å²) in [6.07, 6.45) is 6.19. The number of allylic oxidation sites excluding steroid dienone is 2. The Kier molecular flexibility index (Phi) is 6.46. The minimum absolute atomic E-state index is 0.0489. The third kappa shape index (κ3) is 3.94. The van der Waals surface area contributed by atoms with E-state index in [0.29, 0.717) is 6.54 Å². The molecule has 1 unspecified atom stereocenters. The van der Waals surface area contributed by atoms with E-state index in [-0.39, 0.29) is 17.9 Å². The lowest BCUT2D eigenvalue weighted by molar-refractivity contribution is -0.119. The van der Waals surface area contributed by atoms with E-state index in [1.54, 1.807) is 0 Å². The molecule has 2 rings (SSSR count). The third-order valence-electron chi connectivity index (χ3n) is 3.57. The second-order valence-corrected chi connectivity index (χ2v) is 5.16. The van der Waals surface area contributed by atoms with Crippen LogP contribution in [0.25, 0.3) is 0 Å². The standard InChI is InChI=1S/C12H15NO2.C5H10/c1-9(15)13-7-12(8-14)6-10-4-2-3-5-11(10)12;1-3-5-4-2/h2-5,14H,6-8H2,1H3,(H,13,15);3,5H,4H2,1-2H3/b;5-3-. The molecule has 3 heteroatoms. The van der Waals surface area contributed by atoms with Gasteiger partial charge in [-0.25, -0.2) is 0 Å². The van der Waals surface area contributed by atoms with Gasteiger partial charge in [-0.15, -0.1) is 0 Å². The van der Waals surface area contributed by atoms with E-state index in [1.165, 1.54) is 18.1 Å². The number of rotatable bonds is 4. The van der Waals surface area contributed by atoms with Crippen LogP contribution in [0.5, 0.6) is 0 Å². The van der Waals surface area contributed by atoms with Crippen LogP contribution in [-0.2, 0) is 16.6 Å². The minimum Gasteiger partial charge on any atom is -0.395 e. The SMILES string of the molecule is C/C=C\CC.CC(=O)NCC1(CO)Cc2ccccc21. The van der Waals surface area contributed by atoms with Crippen LogP contribution in [0, 0.1) is 0 Å². The van der Waals surface area contributed by atoms with Crippen LogP contribution in [0.1, 0.15) is 38.3 Å². The van der Waals surface area contributed by atoms with Gasteiger partial charge in [0.1, 0.15) is 0 Å². The van der Waals surface area contributed by atoms with Crippen molar-refractivity contribution in [3.05, 3.63) is 47.5 Å². The summed E-state index contributed by atoms with van der Waals surface area (Å²) < 4.78 is 0. The van der Waals surface area contributed by atoms with Gasteiger partial charge >= 0.3 is 0 Å². The van der Waals surface area contributed by atoms with Gasteiger partial charge in [-0.2, -0.15) is 0 Å².